The fourth-order valence-electron chi connectivity index (χ4n) is 3.22. The SMILES string of the molecule is N#Cc1c(COc2ccc(S(=O)(=O)N3CCOCC3)cc2)cn2ccccc12. The van der Waals surface area contributed by atoms with Gasteiger partial charge in [0, 0.05) is 31.0 Å². The quantitative estimate of drug-likeness (QED) is 0.660. The predicted molar refractivity (Wildman–Crippen MR) is 102 cm³/mol. The number of aromatic nitrogens is 1. The average Bonchev–Trinajstić information content (AvgIpc) is 3.10. The molecule has 2 aromatic heterocycles. The summed E-state index contributed by atoms with van der Waals surface area (Å²) in [7, 11) is -3.52. The van der Waals surface area contributed by atoms with Gasteiger partial charge in [-0.2, -0.15) is 9.57 Å². The highest BCUT2D eigenvalue weighted by Gasteiger charge is 2.26. The van der Waals surface area contributed by atoms with Gasteiger partial charge in [-0.05, 0) is 36.4 Å². The van der Waals surface area contributed by atoms with E-state index in [0.29, 0.717) is 37.6 Å². The van der Waals surface area contributed by atoms with Crippen molar-refractivity contribution in [3.63, 3.8) is 0 Å². The van der Waals surface area contributed by atoms with Crippen molar-refractivity contribution in [1.82, 2.24) is 8.71 Å². The lowest BCUT2D eigenvalue weighted by Gasteiger charge is -2.26. The van der Waals surface area contributed by atoms with E-state index in [2.05, 4.69) is 6.07 Å². The van der Waals surface area contributed by atoms with Gasteiger partial charge in [-0.25, -0.2) is 8.42 Å². The van der Waals surface area contributed by atoms with E-state index in [1.807, 2.05) is 35.0 Å². The van der Waals surface area contributed by atoms with Gasteiger partial charge in [0.1, 0.15) is 18.4 Å². The van der Waals surface area contributed by atoms with E-state index in [-0.39, 0.29) is 11.5 Å². The second-order valence-electron chi connectivity index (χ2n) is 6.41. The molecule has 0 unspecified atom stereocenters. The number of morpholine rings is 1. The van der Waals surface area contributed by atoms with Crippen LogP contribution in [-0.4, -0.2) is 43.4 Å². The minimum absolute atomic E-state index is 0.222. The van der Waals surface area contributed by atoms with E-state index in [1.54, 1.807) is 24.3 Å². The van der Waals surface area contributed by atoms with Gasteiger partial charge in [0.2, 0.25) is 10.0 Å². The van der Waals surface area contributed by atoms with Crippen LogP contribution in [-0.2, 0) is 21.4 Å². The zero-order chi connectivity index (χ0) is 19.6. The average molecular weight is 397 g/mol. The third kappa shape index (κ3) is 3.47. The van der Waals surface area contributed by atoms with E-state index in [1.165, 1.54) is 4.31 Å². The highest BCUT2D eigenvalue weighted by Crippen LogP contribution is 2.23. The maximum Gasteiger partial charge on any atom is 0.243 e. The highest BCUT2D eigenvalue weighted by atomic mass is 32.2. The van der Waals surface area contributed by atoms with Crippen LogP contribution in [0.2, 0.25) is 0 Å². The summed E-state index contributed by atoms with van der Waals surface area (Å²) in [5, 5.41) is 9.45. The van der Waals surface area contributed by atoms with Gasteiger partial charge >= 0.3 is 0 Å². The number of pyridine rings is 1. The molecular weight excluding hydrogens is 378 g/mol. The fraction of sp³-hybridized carbons (Fsp3) is 0.250. The van der Waals surface area contributed by atoms with Gasteiger partial charge in [-0.1, -0.05) is 6.07 Å². The molecule has 0 N–H and O–H groups in total. The Morgan fingerprint density at radius 3 is 2.57 bits per heavy atom. The minimum atomic E-state index is -3.52. The maximum absolute atomic E-state index is 12.7. The number of benzene rings is 1. The Morgan fingerprint density at radius 1 is 1.11 bits per heavy atom. The van der Waals surface area contributed by atoms with Crippen LogP contribution in [0.1, 0.15) is 11.1 Å². The molecule has 1 saturated heterocycles. The smallest absolute Gasteiger partial charge is 0.243 e. The normalized spacial score (nSPS) is 15.4. The molecule has 0 amide bonds. The summed E-state index contributed by atoms with van der Waals surface area (Å²) in [4.78, 5) is 0.231. The highest BCUT2D eigenvalue weighted by molar-refractivity contribution is 7.89. The number of hydrogen-bond donors (Lipinski definition) is 0. The number of rotatable bonds is 5. The molecule has 3 aromatic rings. The zero-order valence-electron chi connectivity index (χ0n) is 15.1. The Balaban J connectivity index is 1.49. The summed E-state index contributed by atoms with van der Waals surface area (Å²) in [5.74, 6) is 0.542. The lowest BCUT2D eigenvalue weighted by atomic mass is 10.2. The van der Waals surface area contributed by atoms with Crippen molar-refractivity contribution in [2.24, 2.45) is 0 Å². The molecule has 0 bridgehead atoms. The first-order chi connectivity index (χ1) is 13.6. The molecule has 1 aliphatic heterocycles. The standard InChI is InChI=1S/C20H19N3O4S/c21-13-19-16(14-22-8-2-1-3-20(19)22)15-27-17-4-6-18(7-5-17)28(24,25)23-9-11-26-12-10-23/h1-8,14H,9-12,15H2. The van der Waals surface area contributed by atoms with E-state index in [4.69, 9.17) is 9.47 Å². The zero-order valence-corrected chi connectivity index (χ0v) is 15.9. The number of hydrogen-bond acceptors (Lipinski definition) is 5. The Labute approximate surface area is 163 Å². The lowest BCUT2D eigenvalue weighted by Crippen LogP contribution is -2.40. The van der Waals surface area contributed by atoms with Crippen molar-refractivity contribution in [2.45, 2.75) is 11.5 Å². The molecular formula is C20H19N3O4S. The molecule has 28 heavy (non-hydrogen) atoms. The molecule has 4 rings (SSSR count). The third-order valence-corrected chi connectivity index (χ3v) is 6.61. The van der Waals surface area contributed by atoms with Gasteiger partial charge in [0.25, 0.3) is 0 Å². The molecule has 1 aliphatic rings. The van der Waals surface area contributed by atoms with Gasteiger partial charge < -0.3 is 13.9 Å². The summed E-state index contributed by atoms with van der Waals surface area (Å²) < 4.78 is 39.6. The second-order valence-corrected chi connectivity index (χ2v) is 8.35. The molecule has 144 valence electrons. The molecule has 7 nitrogen and oxygen atoms in total. The first kappa shape index (κ1) is 18.5. The second kappa shape index (κ2) is 7.64. The van der Waals surface area contributed by atoms with Gasteiger partial charge in [-0.3, -0.25) is 0 Å². The number of fused-ring (bicyclic) bond motifs is 1. The van der Waals surface area contributed by atoms with Crippen LogP contribution >= 0.6 is 0 Å². The Kier molecular flexibility index (Phi) is 5.05. The van der Waals surface area contributed by atoms with Crippen LogP contribution in [0.4, 0.5) is 0 Å². The van der Waals surface area contributed by atoms with Crippen molar-refractivity contribution in [3.05, 3.63) is 66.0 Å². The molecule has 0 saturated carbocycles. The van der Waals surface area contributed by atoms with Crippen molar-refractivity contribution in [2.75, 3.05) is 26.3 Å². The first-order valence-corrected chi connectivity index (χ1v) is 10.3. The van der Waals surface area contributed by atoms with Gasteiger partial charge in [0.15, 0.2) is 0 Å². The Morgan fingerprint density at radius 2 is 1.86 bits per heavy atom. The van der Waals surface area contributed by atoms with E-state index in [9.17, 15) is 13.7 Å². The monoisotopic (exact) mass is 397 g/mol. The minimum Gasteiger partial charge on any atom is -0.489 e. The summed E-state index contributed by atoms with van der Waals surface area (Å²) in [6, 6.07) is 14.2. The number of ether oxygens (including phenoxy) is 2. The Bertz CT molecular complexity index is 1120. The largest absolute Gasteiger partial charge is 0.489 e. The molecule has 0 aliphatic carbocycles. The van der Waals surface area contributed by atoms with E-state index < -0.39 is 10.0 Å². The van der Waals surface area contributed by atoms with Crippen LogP contribution in [0.15, 0.2) is 59.8 Å². The Hall–Kier alpha value is -2.86. The van der Waals surface area contributed by atoms with E-state index >= 15 is 0 Å². The number of sulfonamides is 1. The van der Waals surface area contributed by atoms with Crippen LogP contribution < -0.4 is 4.74 Å². The van der Waals surface area contributed by atoms with Gasteiger partial charge in [0.05, 0.1) is 29.2 Å². The summed E-state index contributed by atoms with van der Waals surface area (Å²) in [5.41, 5.74) is 2.18. The third-order valence-electron chi connectivity index (χ3n) is 4.70. The van der Waals surface area contributed by atoms with E-state index in [0.717, 1.165) is 11.1 Å². The fourth-order valence-corrected chi connectivity index (χ4v) is 4.63. The topological polar surface area (TPSA) is 84.0 Å². The predicted octanol–water partition coefficient (Wildman–Crippen LogP) is 2.41. The summed E-state index contributed by atoms with van der Waals surface area (Å²) >= 11 is 0. The van der Waals surface area contributed by atoms with Gasteiger partial charge in [-0.15, -0.1) is 0 Å². The molecule has 0 atom stereocenters. The summed E-state index contributed by atoms with van der Waals surface area (Å²) in [6.45, 7) is 1.76. The molecule has 0 radical (unpaired) electrons. The van der Waals surface area contributed by atoms with Crippen molar-refractivity contribution < 1.29 is 17.9 Å². The molecule has 8 heteroatoms. The lowest BCUT2D eigenvalue weighted by molar-refractivity contribution is 0.0730. The number of nitrogens with zero attached hydrogens (tertiary/aromatic N) is 3. The van der Waals surface area contributed by atoms with Crippen LogP contribution in [0, 0.1) is 11.3 Å². The molecule has 1 fully saturated rings. The summed E-state index contributed by atoms with van der Waals surface area (Å²) in [6.07, 6.45) is 3.75. The van der Waals surface area contributed by atoms with Crippen molar-refractivity contribution in [1.29, 1.82) is 5.26 Å². The molecule has 0 spiro atoms. The van der Waals surface area contributed by atoms with Crippen LogP contribution in [0.5, 0.6) is 5.75 Å². The van der Waals surface area contributed by atoms with Crippen molar-refractivity contribution >= 4 is 15.5 Å². The van der Waals surface area contributed by atoms with Crippen molar-refractivity contribution in [3.8, 4) is 11.8 Å². The molecule has 1 aromatic carbocycles. The molecule has 3 heterocycles. The number of nitriles is 1. The maximum atomic E-state index is 12.7. The van der Waals surface area contributed by atoms with Crippen LogP contribution in [0.3, 0.4) is 0 Å². The van der Waals surface area contributed by atoms with Crippen LogP contribution in [0.25, 0.3) is 5.52 Å². The first-order valence-electron chi connectivity index (χ1n) is 8.89.